The topological polar surface area (TPSA) is 12.0 Å². The molecule has 2 atom stereocenters. The van der Waals surface area contributed by atoms with Gasteiger partial charge in [0, 0.05) is 11.6 Å². The van der Waals surface area contributed by atoms with Crippen molar-refractivity contribution >= 4 is 0 Å². The van der Waals surface area contributed by atoms with Gasteiger partial charge in [-0.25, -0.2) is 0 Å². The maximum atomic E-state index is 3.69. The Morgan fingerprint density at radius 1 is 1.55 bits per heavy atom. The van der Waals surface area contributed by atoms with Crippen LogP contribution in [0.25, 0.3) is 0 Å². The van der Waals surface area contributed by atoms with Gasteiger partial charge in [0.25, 0.3) is 0 Å². The van der Waals surface area contributed by atoms with Gasteiger partial charge in [0.05, 0.1) is 0 Å². The van der Waals surface area contributed by atoms with Gasteiger partial charge in [-0.1, -0.05) is 19.8 Å². The number of rotatable bonds is 2. The first-order valence-electron chi connectivity index (χ1n) is 4.94. The molecule has 1 heteroatoms. The lowest BCUT2D eigenvalue weighted by Gasteiger charge is -2.38. The highest BCUT2D eigenvalue weighted by Crippen LogP contribution is 2.25. The molecule has 0 radical (unpaired) electrons. The van der Waals surface area contributed by atoms with E-state index in [2.05, 4.69) is 26.1 Å². The molecule has 0 amide bonds. The summed E-state index contributed by atoms with van der Waals surface area (Å²) in [5.74, 6) is 0. The largest absolute Gasteiger partial charge is 0.309 e. The van der Waals surface area contributed by atoms with E-state index in [1.807, 2.05) is 0 Å². The molecule has 2 unspecified atom stereocenters. The summed E-state index contributed by atoms with van der Waals surface area (Å²) >= 11 is 0. The maximum Gasteiger partial charge on any atom is 0.0155 e. The highest BCUT2D eigenvalue weighted by atomic mass is 15.0. The Morgan fingerprint density at radius 2 is 2.27 bits per heavy atom. The van der Waals surface area contributed by atoms with E-state index in [-0.39, 0.29) is 0 Å². The van der Waals surface area contributed by atoms with E-state index in [4.69, 9.17) is 0 Å². The molecule has 0 spiro atoms. The van der Waals surface area contributed by atoms with Gasteiger partial charge in [-0.15, -0.1) is 0 Å². The molecule has 66 valence electrons. The molecule has 1 fully saturated rings. The zero-order valence-electron chi connectivity index (χ0n) is 8.11. The summed E-state index contributed by atoms with van der Waals surface area (Å²) in [7, 11) is 0. The fourth-order valence-electron chi connectivity index (χ4n) is 2.29. The number of piperidine rings is 1. The van der Waals surface area contributed by atoms with Gasteiger partial charge in [0.15, 0.2) is 0 Å². The van der Waals surface area contributed by atoms with Crippen LogP contribution < -0.4 is 5.32 Å². The Bertz CT molecular complexity index is 118. The molecule has 0 aromatic heterocycles. The summed E-state index contributed by atoms with van der Waals surface area (Å²) in [6.45, 7) is 6.94. The van der Waals surface area contributed by atoms with Crippen molar-refractivity contribution in [1.29, 1.82) is 0 Å². The second-order valence-electron chi connectivity index (χ2n) is 4.25. The van der Waals surface area contributed by atoms with Crippen molar-refractivity contribution < 1.29 is 0 Å². The fraction of sp³-hybridized carbons (Fsp3) is 1.00. The van der Waals surface area contributed by atoms with Crippen LogP contribution in [0.3, 0.4) is 0 Å². The Balaban J connectivity index is 2.41. The normalized spacial score (nSPS) is 39.0. The quantitative estimate of drug-likeness (QED) is 0.646. The number of hydrogen-bond donors (Lipinski definition) is 1. The minimum Gasteiger partial charge on any atom is -0.309 e. The standard InChI is InChI=1S/C10H21N/c1-4-7-10(3)8-5-6-9(2)11-10/h9,11H,4-8H2,1-3H3. The first-order chi connectivity index (χ1) is 5.16. The Kier molecular flexibility index (Phi) is 2.94. The van der Waals surface area contributed by atoms with Crippen molar-refractivity contribution in [2.45, 2.75) is 64.5 Å². The lowest BCUT2D eigenvalue weighted by atomic mass is 9.84. The van der Waals surface area contributed by atoms with Gasteiger partial charge in [0.1, 0.15) is 0 Å². The third-order valence-electron chi connectivity index (χ3n) is 2.76. The predicted molar refractivity (Wildman–Crippen MR) is 49.8 cm³/mol. The van der Waals surface area contributed by atoms with Gasteiger partial charge in [0.2, 0.25) is 0 Å². The molecule has 1 aliphatic rings. The summed E-state index contributed by atoms with van der Waals surface area (Å²) in [6.07, 6.45) is 6.77. The van der Waals surface area contributed by atoms with Gasteiger partial charge >= 0.3 is 0 Å². The molecule has 1 rings (SSSR count). The van der Waals surface area contributed by atoms with Gasteiger partial charge in [-0.2, -0.15) is 0 Å². The van der Waals surface area contributed by atoms with Crippen LogP contribution in [0.2, 0.25) is 0 Å². The molecule has 1 aliphatic heterocycles. The summed E-state index contributed by atoms with van der Waals surface area (Å²) < 4.78 is 0. The maximum absolute atomic E-state index is 3.69. The van der Waals surface area contributed by atoms with E-state index in [1.165, 1.54) is 32.1 Å². The van der Waals surface area contributed by atoms with Crippen LogP contribution in [0, 0.1) is 0 Å². The first kappa shape index (κ1) is 9.05. The van der Waals surface area contributed by atoms with Crippen molar-refractivity contribution in [3.63, 3.8) is 0 Å². The minimum absolute atomic E-state index is 0.451. The minimum atomic E-state index is 0.451. The molecule has 1 heterocycles. The molecular formula is C10H21N. The van der Waals surface area contributed by atoms with Crippen LogP contribution in [0.1, 0.15) is 52.9 Å². The van der Waals surface area contributed by atoms with Crippen LogP contribution in [0.5, 0.6) is 0 Å². The molecule has 11 heavy (non-hydrogen) atoms. The van der Waals surface area contributed by atoms with Crippen LogP contribution in [0.15, 0.2) is 0 Å². The zero-order chi connectivity index (χ0) is 8.32. The molecule has 1 nitrogen and oxygen atoms in total. The SMILES string of the molecule is CCCC1(C)CCCC(C)N1. The van der Waals surface area contributed by atoms with Crippen LogP contribution in [0.4, 0.5) is 0 Å². The molecule has 1 saturated heterocycles. The van der Waals surface area contributed by atoms with Crippen molar-refractivity contribution in [3.05, 3.63) is 0 Å². The van der Waals surface area contributed by atoms with Crippen LogP contribution in [-0.4, -0.2) is 11.6 Å². The smallest absolute Gasteiger partial charge is 0.0155 e. The van der Waals surface area contributed by atoms with E-state index in [0.29, 0.717) is 5.54 Å². The predicted octanol–water partition coefficient (Wildman–Crippen LogP) is 2.71. The average molecular weight is 155 g/mol. The van der Waals surface area contributed by atoms with Crippen molar-refractivity contribution in [2.75, 3.05) is 0 Å². The Hall–Kier alpha value is -0.0400. The van der Waals surface area contributed by atoms with Gasteiger partial charge < -0.3 is 5.32 Å². The van der Waals surface area contributed by atoms with Crippen molar-refractivity contribution in [3.8, 4) is 0 Å². The van der Waals surface area contributed by atoms with Crippen LogP contribution in [-0.2, 0) is 0 Å². The number of nitrogens with one attached hydrogen (secondary N) is 1. The van der Waals surface area contributed by atoms with E-state index >= 15 is 0 Å². The van der Waals surface area contributed by atoms with Crippen molar-refractivity contribution in [2.24, 2.45) is 0 Å². The zero-order valence-corrected chi connectivity index (χ0v) is 8.11. The molecule has 0 aromatic carbocycles. The second kappa shape index (κ2) is 3.57. The average Bonchev–Trinajstić information content (AvgIpc) is 1.86. The molecule has 0 aliphatic carbocycles. The fourth-order valence-corrected chi connectivity index (χ4v) is 2.29. The summed E-state index contributed by atoms with van der Waals surface area (Å²) in [4.78, 5) is 0. The first-order valence-corrected chi connectivity index (χ1v) is 4.94. The van der Waals surface area contributed by atoms with Gasteiger partial charge in [-0.3, -0.25) is 0 Å². The lowest BCUT2D eigenvalue weighted by Crippen LogP contribution is -2.50. The molecule has 0 saturated carbocycles. The third kappa shape index (κ3) is 2.48. The van der Waals surface area contributed by atoms with E-state index in [0.717, 1.165) is 6.04 Å². The van der Waals surface area contributed by atoms with Crippen molar-refractivity contribution in [1.82, 2.24) is 5.32 Å². The van der Waals surface area contributed by atoms with E-state index in [1.54, 1.807) is 0 Å². The van der Waals surface area contributed by atoms with Gasteiger partial charge in [-0.05, 0) is 33.1 Å². The Labute approximate surface area is 70.6 Å². The monoisotopic (exact) mass is 155 g/mol. The van der Waals surface area contributed by atoms with E-state index < -0.39 is 0 Å². The second-order valence-corrected chi connectivity index (χ2v) is 4.25. The summed E-state index contributed by atoms with van der Waals surface area (Å²) in [5.41, 5.74) is 0.451. The van der Waals surface area contributed by atoms with Crippen LogP contribution >= 0.6 is 0 Å². The molecule has 0 aromatic rings. The number of hydrogen-bond acceptors (Lipinski definition) is 1. The summed E-state index contributed by atoms with van der Waals surface area (Å²) in [5, 5.41) is 3.69. The third-order valence-corrected chi connectivity index (χ3v) is 2.76. The highest BCUT2D eigenvalue weighted by Gasteiger charge is 2.27. The lowest BCUT2D eigenvalue weighted by molar-refractivity contribution is 0.218. The molecule has 1 N–H and O–H groups in total. The Morgan fingerprint density at radius 3 is 2.82 bits per heavy atom. The molecule has 0 bridgehead atoms. The molecular weight excluding hydrogens is 134 g/mol. The van der Waals surface area contributed by atoms with E-state index in [9.17, 15) is 0 Å². The summed E-state index contributed by atoms with van der Waals surface area (Å²) in [6, 6.07) is 0.736. The highest BCUT2D eigenvalue weighted by molar-refractivity contribution is 4.89.